The number of furan rings is 1. The Bertz CT molecular complexity index is 2790. The summed E-state index contributed by atoms with van der Waals surface area (Å²) in [5.41, 5.74) is 4.58. The molecular weight excluding hydrogens is 576 g/mol. The molecule has 0 fully saturated rings. The number of aromatic nitrogens is 1. The van der Waals surface area contributed by atoms with Crippen LogP contribution < -0.4 is 5.32 Å². The molecule has 1 N–H and O–H groups in total. The molecule has 0 spiro atoms. The molecule has 0 amide bonds. The lowest BCUT2D eigenvalue weighted by molar-refractivity contribution is 0.668. The molecule has 1 unspecified atom stereocenters. The van der Waals surface area contributed by atoms with Gasteiger partial charge in [-0.15, -0.1) is 0 Å². The second-order valence-electron chi connectivity index (χ2n) is 12.1. The molecule has 220 valence electrons. The third-order valence-electron chi connectivity index (χ3n) is 9.36. The van der Waals surface area contributed by atoms with Gasteiger partial charge >= 0.3 is 0 Å². The fourth-order valence-electron chi connectivity index (χ4n) is 7.10. The normalized spacial score (nSPS) is 15.0. The lowest BCUT2D eigenvalue weighted by atomic mass is 9.95. The van der Waals surface area contributed by atoms with Crippen LogP contribution in [0.3, 0.4) is 0 Å². The number of hydrogen-bond acceptors (Lipinski definition) is 5. The number of hydrogen-bond donors (Lipinski definition) is 1. The van der Waals surface area contributed by atoms with Crippen LogP contribution in [0, 0.1) is 0 Å². The predicted molar refractivity (Wildman–Crippen MR) is 193 cm³/mol. The molecule has 9 aromatic rings. The van der Waals surface area contributed by atoms with Gasteiger partial charge in [0, 0.05) is 34.3 Å². The first kappa shape index (κ1) is 25.9. The smallest absolute Gasteiger partial charge is 0.169 e. The number of rotatable bonds is 3. The van der Waals surface area contributed by atoms with Crippen molar-refractivity contribution in [3.63, 3.8) is 0 Å². The maximum absolute atomic E-state index is 6.22. The van der Waals surface area contributed by atoms with Gasteiger partial charge in [-0.2, -0.15) is 0 Å². The van der Waals surface area contributed by atoms with Crippen molar-refractivity contribution in [2.75, 3.05) is 0 Å². The Balaban J connectivity index is 1.16. The molecule has 3 heterocycles. The van der Waals surface area contributed by atoms with Gasteiger partial charge in [0.05, 0.1) is 0 Å². The second-order valence-corrected chi connectivity index (χ2v) is 12.1. The molecule has 5 heteroatoms. The van der Waals surface area contributed by atoms with Crippen molar-refractivity contribution in [2.45, 2.75) is 6.17 Å². The summed E-state index contributed by atoms with van der Waals surface area (Å²) in [4.78, 5) is 14.9. The van der Waals surface area contributed by atoms with Crippen LogP contribution >= 0.6 is 0 Å². The van der Waals surface area contributed by atoms with Crippen LogP contribution in [-0.2, 0) is 0 Å². The van der Waals surface area contributed by atoms with E-state index in [0.717, 1.165) is 61.1 Å². The van der Waals surface area contributed by atoms with Gasteiger partial charge in [0.15, 0.2) is 6.17 Å². The molecule has 5 nitrogen and oxygen atoms in total. The quantitative estimate of drug-likeness (QED) is 0.205. The summed E-state index contributed by atoms with van der Waals surface area (Å²) in [6, 6.07) is 47.0. The van der Waals surface area contributed by atoms with Crippen molar-refractivity contribution in [2.24, 2.45) is 9.98 Å². The SMILES string of the molecule is c1ccc2cc(C3N=C(c4ccc5c(ccc6ccc7ccccc7c65)c4)NC(c4cccc5oc6ccncc6c45)=N3)ccc2c1. The van der Waals surface area contributed by atoms with Gasteiger partial charge in [0.1, 0.15) is 22.8 Å². The average molecular weight is 603 g/mol. The van der Waals surface area contributed by atoms with Crippen LogP contribution in [0.4, 0.5) is 0 Å². The van der Waals surface area contributed by atoms with Crippen molar-refractivity contribution >= 4 is 76.7 Å². The topological polar surface area (TPSA) is 62.8 Å². The Labute approximate surface area is 269 Å². The molecule has 2 aromatic heterocycles. The minimum atomic E-state index is -0.436. The van der Waals surface area contributed by atoms with E-state index in [4.69, 9.17) is 14.4 Å². The maximum atomic E-state index is 6.22. The summed E-state index contributed by atoms with van der Waals surface area (Å²) in [5, 5.41) is 15.3. The molecule has 0 saturated carbocycles. The zero-order chi connectivity index (χ0) is 30.9. The third kappa shape index (κ3) is 4.14. The predicted octanol–water partition coefficient (Wildman–Crippen LogP) is 10.1. The number of pyridine rings is 1. The summed E-state index contributed by atoms with van der Waals surface area (Å²) in [7, 11) is 0. The highest BCUT2D eigenvalue weighted by molar-refractivity contribution is 6.25. The molecule has 10 rings (SSSR count). The van der Waals surface area contributed by atoms with E-state index in [2.05, 4.69) is 126 Å². The maximum Gasteiger partial charge on any atom is 0.169 e. The zero-order valence-electron chi connectivity index (χ0n) is 25.2. The van der Waals surface area contributed by atoms with Gasteiger partial charge in [0.2, 0.25) is 0 Å². The zero-order valence-corrected chi connectivity index (χ0v) is 25.2. The van der Waals surface area contributed by atoms with Gasteiger partial charge in [-0.3, -0.25) is 4.98 Å². The standard InChI is InChI=1S/C42H26N4O/c1-2-8-28-22-30(17-12-25(28)6-1)40-44-41(46-42(45-40)34-10-5-11-37-39(34)35-24-43-21-20-36(35)47-37)31-18-19-33-29(23-31)16-15-27-14-13-26-7-3-4-9-32(26)38(27)33/h1-24,40H,(H,44,45,46). The van der Waals surface area contributed by atoms with Crippen LogP contribution in [0.5, 0.6) is 0 Å². The van der Waals surface area contributed by atoms with E-state index in [-0.39, 0.29) is 0 Å². The first-order valence-corrected chi connectivity index (χ1v) is 15.8. The lowest BCUT2D eigenvalue weighted by Crippen LogP contribution is -2.36. The molecule has 1 atom stereocenters. The number of nitrogens with one attached hydrogen (secondary N) is 1. The number of benzene rings is 7. The highest BCUT2D eigenvalue weighted by Crippen LogP contribution is 2.35. The van der Waals surface area contributed by atoms with Gasteiger partial charge in [0.25, 0.3) is 0 Å². The van der Waals surface area contributed by atoms with E-state index in [1.54, 1.807) is 6.20 Å². The highest BCUT2D eigenvalue weighted by atomic mass is 16.3. The fourth-order valence-corrected chi connectivity index (χ4v) is 7.10. The Morgan fingerprint density at radius 2 is 1.28 bits per heavy atom. The van der Waals surface area contributed by atoms with Crippen LogP contribution in [0.25, 0.3) is 65.0 Å². The largest absolute Gasteiger partial charge is 0.456 e. The Morgan fingerprint density at radius 3 is 2.21 bits per heavy atom. The molecule has 1 aliphatic rings. The molecule has 0 saturated heterocycles. The minimum absolute atomic E-state index is 0.436. The van der Waals surface area contributed by atoms with Crippen molar-refractivity contribution in [1.82, 2.24) is 10.3 Å². The van der Waals surface area contributed by atoms with Gasteiger partial charge in [-0.25, -0.2) is 9.98 Å². The molecular formula is C42H26N4O. The summed E-state index contributed by atoms with van der Waals surface area (Å²) in [6.07, 6.45) is 3.18. The third-order valence-corrected chi connectivity index (χ3v) is 9.36. The summed E-state index contributed by atoms with van der Waals surface area (Å²) >= 11 is 0. The molecule has 47 heavy (non-hydrogen) atoms. The van der Waals surface area contributed by atoms with E-state index in [1.165, 1.54) is 32.3 Å². The van der Waals surface area contributed by atoms with Crippen LogP contribution in [0.15, 0.2) is 160 Å². The van der Waals surface area contributed by atoms with Crippen LogP contribution in [0.1, 0.15) is 22.9 Å². The van der Waals surface area contributed by atoms with E-state index >= 15 is 0 Å². The summed E-state index contributed by atoms with van der Waals surface area (Å²) in [6.45, 7) is 0. The van der Waals surface area contributed by atoms with Crippen molar-refractivity contribution in [3.8, 4) is 0 Å². The molecule has 0 bridgehead atoms. The van der Waals surface area contributed by atoms with Crippen molar-refractivity contribution in [3.05, 3.63) is 163 Å². The number of amidine groups is 2. The average Bonchev–Trinajstić information content (AvgIpc) is 3.53. The Hall–Kier alpha value is -6.33. The molecule has 0 radical (unpaired) electrons. The van der Waals surface area contributed by atoms with Gasteiger partial charge in [-0.1, -0.05) is 109 Å². The van der Waals surface area contributed by atoms with E-state index < -0.39 is 6.17 Å². The highest BCUT2D eigenvalue weighted by Gasteiger charge is 2.24. The number of fused-ring (bicyclic) bond motifs is 9. The Kier molecular flexibility index (Phi) is 5.57. The number of nitrogens with zero attached hydrogens (tertiary/aromatic N) is 3. The number of aliphatic imine (C=N–C) groups is 2. The monoisotopic (exact) mass is 602 g/mol. The van der Waals surface area contributed by atoms with Crippen molar-refractivity contribution in [1.29, 1.82) is 0 Å². The van der Waals surface area contributed by atoms with Gasteiger partial charge in [-0.05, 0) is 72.9 Å². The molecule has 1 aliphatic heterocycles. The van der Waals surface area contributed by atoms with Gasteiger partial charge < -0.3 is 9.73 Å². The van der Waals surface area contributed by atoms with E-state index in [1.807, 2.05) is 24.4 Å². The van der Waals surface area contributed by atoms with Crippen molar-refractivity contribution < 1.29 is 4.42 Å². The minimum Gasteiger partial charge on any atom is -0.456 e. The second kappa shape index (κ2) is 10.1. The van der Waals surface area contributed by atoms with Crippen LogP contribution in [-0.4, -0.2) is 16.7 Å². The van der Waals surface area contributed by atoms with E-state index in [0.29, 0.717) is 0 Å². The molecule has 7 aromatic carbocycles. The fraction of sp³-hybridized carbons (Fsp3) is 0.0238. The van der Waals surface area contributed by atoms with E-state index in [9.17, 15) is 0 Å². The molecule has 0 aliphatic carbocycles. The van der Waals surface area contributed by atoms with Crippen LogP contribution in [0.2, 0.25) is 0 Å². The lowest BCUT2D eigenvalue weighted by Gasteiger charge is -2.23. The Morgan fingerprint density at radius 1 is 0.511 bits per heavy atom. The summed E-state index contributed by atoms with van der Waals surface area (Å²) in [5.74, 6) is 1.52. The summed E-state index contributed by atoms with van der Waals surface area (Å²) < 4.78 is 6.22. The first-order chi connectivity index (χ1) is 23.3. The first-order valence-electron chi connectivity index (χ1n) is 15.8.